The van der Waals surface area contributed by atoms with E-state index in [1.54, 1.807) is 7.11 Å². The molecular formula is C66H122O3. The Morgan fingerprint density at radius 2 is 0.942 bits per heavy atom. The number of methoxy groups -OCH3 is 1. The monoisotopic (exact) mass is 963 g/mol. The summed E-state index contributed by atoms with van der Waals surface area (Å²) in [5, 5.41) is 12.2. The van der Waals surface area contributed by atoms with Crippen LogP contribution in [0.15, 0.2) is 42.0 Å². The number of hydrogen-bond acceptors (Lipinski definition) is 3. The van der Waals surface area contributed by atoms with Crippen LogP contribution in [-0.2, 0) is 6.42 Å². The maximum atomic E-state index is 12.2. The van der Waals surface area contributed by atoms with Crippen LogP contribution in [0.5, 0.6) is 11.5 Å². The van der Waals surface area contributed by atoms with Crippen molar-refractivity contribution in [1.29, 1.82) is 0 Å². The standard InChI is InChI=1S/C66H122O3/c1-13-14-15-16-17-18-19-20-21-22-23-24-25-26-27-28-29-49-62-52-63(68-12)54-64(53-62)69-65(66(11,67)51-36-48-61(10)46-34-42-58(7)40-31-38-56(4)5)50-35-47-60(9)45-33-44-59(8)43-32-41-57(6)39-30-37-55(2)3/h21-22,47,52-59,61,65,67H,13-20,23-46,48-51H2,1-12H3. The first kappa shape index (κ1) is 65.3. The molecule has 6 atom stereocenters. The van der Waals surface area contributed by atoms with Gasteiger partial charge in [-0.1, -0.05) is 247 Å². The SMILES string of the molecule is CCCCCCCCCC=CCCCCCCCCc1cc(OC)cc(OC(CCC=C(C)CCCC(C)CCCC(C)CCCC(C)C)C(C)(O)CCCC(C)CCCC(C)CCCC(C)C)c1. The highest BCUT2D eigenvalue weighted by Gasteiger charge is 2.33. The largest absolute Gasteiger partial charge is 0.497 e. The molecule has 0 radical (unpaired) electrons. The van der Waals surface area contributed by atoms with Gasteiger partial charge < -0.3 is 14.6 Å². The lowest BCUT2D eigenvalue weighted by Gasteiger charge is -2.34. The third-order valence-electron chi connectivity index (χ3n) is 15.7. The molecule has 3 nitrogen and oxygen atoms in total. The van der Waals surface area contributed by atoms with E-state index in [0.717, 1.165) is 73.2 Å². The highest BCUT2D eigenvalue weighted by molar-refractivity contribution is 5.39. The van der Waals surface area contributed by atoms with Crippen molar-refractivity contribution in [3.63, 3.8) is 0 Å². The zero-order valence-electron chi connectivity index (χ0n) is 48.7. The second kappa shape index (κ2) is 42.7. The van der Waals surface area contributed by atoms with Crippen molar-refractivity contribution in [2.24, 2.45) is 35.5 Å². The summed E-state index contributed by atoms with van der Waals surface area (Å²) in [5.41, 5.74) is 1.84. The average Bonchev–Trinajstić information content (AvgIpc) is 3.29. The number of rotatable bonds is 48. The summed E-state index contributed by atoms with van der Waals surface area (Å²) in [7, 11) is 1.76. The number of hydrogen-bond donors (Lipinski definition) is 1. The van der Waals surface area contributed by atoms with Gasteiger partial charge in [-0.3, -0.25) is 0 Å². The molecule has 1 rings (SSSR count). The number of aryl methyl sites for hydroxylation is 1. The lowest BCUT2D eigenvalue weighted by molar-refractivity contribution is -0.0585. The molecule has 0 heterocycles. The van der Waals surface area contributed by atoms with Crippen molar-refractivity contribution in [1.82, 2.24) is 0 Å². The minimum absolute atomic E-state index is 0.286. The topological polar surface area (TPSA) is 38.7 Å². The van der Waals surface area contributed by atoms with E-state index < -0.39 is 5.60 Å². The predicted molar refractivity (Wildman–Crippen MR) is 308 cm³/mol. The Bertz CT molecular complexity index is 1360. The van der Waals surface area contributed by atoms with E-state index in [1.807, 2.05) is 13.0 Å². The Labute approximate surface area is 433 Å². The highest BCUT2D eigenvalue weighted by atomic mass is 16.5. The third kappa shape index (κ3) is 38.5. The lowest BCUT2D eigenvalue weighted by Crippen LogP contribution is -2.43. The van der Waals surface area contributed by atoms with E-state index in [-0.39, 0.29) is 6.10 Å². The van der Waals surface area contributed by atoms with E-state index >= 15 is 0 Å². The molecule has 0 amide bonds. The van der Waals surface area contributed by atoms with E-state index in [2.05, 4.69) is 99.6 Å². The Hall–Kier alpha value is -1.74. The van der Waals surface area contributed by atoms with Crippen LogP contribution in [0, 0.1) is 35.5 Å². The molecule has 0 bridgehead atoms. The summed E-state index contributed by atoms with van der Waals surface area (Å²) >= 11 is 0. The van der Waals surface area contributed by atoms with Gasteiger partial charge in [0.1, 0.15) is 17.6 Å². The Morgan fingerprint density at radius 3 is 1.43 bits per heavy atom. The van der Waals surface area contributed by atoms with Gasteiger partial charge in [0.15, 0.2) is 0 Å². The van der Waals surface area contributed by atoms with Crippen LogP contribution in [-0.4, -0.2) is 23.9 Å². The van der Waals surface area contributed by atoms with Crippen molar-refractivity contribution >= 4 is 0 Å². The first-order valence-electron chi connectivity index (χ1n) is 30.5. The van der Waals surface area contributed by atoms with Gasteiger partial charge in [-0.2, -0.15) is 0 Å². The van der Waals surface area contributed by atoms with Gasteiger partial charge in [-0.05, 0) is 138 Å². The Balaban J connectivity index is 2.75. The van der Waals surface area contributed by atoms with E-state index in [1.165, 1.54) is 210 Å². The summed E-state index contributed by atoms with van der Waals surface area (Å²) < 4.78 is 12.7. The molecule has 404 valence electrons. The molecule has 0 aliphatic heterocycles. The fourth-order valence-electron chi connectivity index (χ4n) is 10.6. The summed E-state index contributed by atoms with van der Waals surface area (Å²) in [6.45, 7) is 25.8. The van der Waals surface area contributed by atoms with Crippen molar-refractivity contribution < 1.29 is 14.6 Å². The molecule has 1 N–H and O–H groups in total. The van der Waals surface area contributed by atoms with Crippen LogP contribution in [0.2, 0.25) is 0 Å². The maximum Gasteiger partial charge on any atom is 0.127 e. The summed E-state index contributed by atoms with van der Waals surface area (Å²) in [5.74, 6) is 6.53. The molecule has 0 fully saturated rings. The molecule has 1 aromatic carbocycles. The van der Waals surface area contributed by atoms with Crippen LogP contribution in [0.25, 0.3) is 0 Å². The summed E-state index contributed by atoms with van der Waals surface area (Å²) in [6, 6.07) is 6.46. The summed E-state index contributed by atoms with van der Waals surface area (Å²) in [4.78, 5) is 0. The van der Waals surface area contributed by atoms with Crippen LogP contribution in [0.4, 0.5) is 0 Å². The molecule has 0 aliphatic carbocycles. The quantitative estimate of drug-likeness (QED) is 0.0522. The van der Waals surface area contributed by atoms with Gasteiger partial charge in [0.05, 0.1) is 12.7 Å². The summed E-state index contributed by atoms with van der Waals surface area (Å²) in [6.07, 6.45) is 52.8. The normalized spacial score (nSPS) is 15.5. The van der Waals surface area contributed by atoms with Crippen molar-refractivity contribution in [3.8, 4) is 11.5 Å². The number of unbranched alkanes of at least 4 members (excludes halogenated alkanes) is 13. The molecule has 0 spiro atoms. The first-order valence-corrected chi connectivity index (χ1v) is 30.5. The minimum atomic E-state index is -0.916. The van der Waals surface area contributed by atoms with Crippen molar-refractivity contribution in [2.75, 3.05) is 7.11 Å². The van der Waals surface area contributed by atoms with Gasteiger partial charge in [0.2, 0.25) is 0 Å². The maximum absolute atomic E-state index is 12.2. The zero-order chi connectivity index (χ0) is 51.0. The molecule has 6 unspecified atom stereocenters. The first-order chi connectivity index (χ1) is 33.1. The second-order valence-electron chi connectivity index (χ2n) is 24.4. The van der Waals surface area contributed by atoms with Gasteiger partial charge in [-0.25, -0.2) is 0 Å². The highest BCUT2D eigenvalue weighted by Crippen LogP contribution is 2.32. The van der Waals surface area contributed by atoms with Crippen molar-refractivity contribution in [3.05, 3.63) is 47.6 Å². The van der Waals surface area contributed by atoms with Crippen LogP contribution in [0.3, 0.4) is 0 Å². The number of benzene rings is 1. The van der Waals surface area contributed by atoms with Crippen LogP contribution < -0.4 is 9.47 Å². The minimum Gasteiger partial charge on any atom is -0.497 e. The predicted octanol–water partition coefficient (Wildman–Crippen LogP) is 21.8. The molecule has 69 heavy (non-hydrogen) atoms. The van der Waals surface area contributed by atoms with Crippen LogP contribution >= 0.6 is 0 Å². The van der Waals surface area contributed by atoms with E-state index in [4.69, 9.17) is 9.47 Å². The van der Waals surface area contributed by atoms with Crippen LogP contribution in [0.1, 0.15) is 306 Å². The Morgan fingerprint density at radius 1 is 0.507 bits per heavy atom. The van der Waals surface area contributed by atoms with E-state index in [9.17, 15) is 5.11 Å². The van der Waals surface area contributed by atoms with Gasteiger partial charge in [0, 0.05) is 6.07 Å². The molecule has 0 aromatic heterocycles. The number of ether oxygens (including phenoxy) is 2. The van der Waals surface area contributed by atoms with Gasteiger partial charge >= 0.3 is 0 Å². The Kier molecular flexibility index (Phi) is 40.4. The number of allylic oxidation sites excluding steroid dienone is 4. The molecule has 3 heteroatoms. The number of aliphatic hydroxyl groups is 1. The third-order valence-corrected chi connectivity index (χ3v) is 15.7. The molecule has 0 saturated carbocycles. The fraction of sp³-hybridized carbons (Fsp3) is 0.848. The second-order valence-corrected chi connectivity index (χ2v) is 24.4. The van der Waals surface area contributed by atoms with Gasteiger partial charge in [-0.15, -0.1) is 0 Å². The lowest BCUT2D eigenvalue weighted by atomic mass is 9.86. The van der Waals surface area contributed by atoms with E-state index in [0.29, 0.717) is 5.92 Å². The molecular weight excluding hydrogens is 841 g/mol. The zero-order valence-corrected chi connectivity index (χ0v) is 48.7. The van der Waals surface area contributed by atoms with Gasteiger partial charge in [0.25, 0.3) is 0 Å². The molecule has 1 aromatic rings. The fourth-order valence-corrected chi connectivity index (χ4v) is 10.6. The molecule has 0 aliphatic rings. The van der Waals surface area contributed by atoms with Crippen molar-refractivity contribution in [2.45, 2.75) is 319 Å². The molecule has 0 saturated heterocycles. The smallest absolute Gasteiger partial charge is 0.127 e. The average molecular weight is 964 g/mol.